The molecule has 0 spiro atoms. The van der Waals surface area contributed by atoms with Crippen molar-refractivity contribution in [2.75, 3.05) is 0 Å². The van der Waals surface area contributed by atoms with Crippen LogP contribution < -0.4 is 5.73 Å². The van der Waals surface area contributed by atoms with Crippen molar-refractivity contribution in [2.45, 2.75) is 25.1 Å². The molecule has 19 heavy (non-hydrogen) atoms. The Morgan fingerprint density at radius 3 is 2.58 bits per heavy atom. The second-order valence-corrected chi connectivity index (χ2v) is 4.35. The highest BCUT2D eigenvalue weighted by Crippen LogP contribution is 2.31. The lowest BCUT2D eigenvalue weighted by atomic mass is 10.00. The van der Waals surface area contributed by atoms with Crippen LogP contribution in [-0.2, 0) is 12.6 Å². The first-order valence-corrected chi connectivity index (χ1v) is 5.92. The minimum atomic E-state index is -4.34. The first kappa shape index (κ1) is 13.7. The van der Waals surface area contributed by atoms with Gasteiger partial charge in [-0.3, -0.25) is 0 Å². The second-order valence-electron chi connectivity index (χ2n) is 4.35. The van der Waals surface area contributed by atoms with Gasteiger partial charge in [-0.15, -0.1) is 0 Å². The molecule has 0 aliphatic rings. The van der Waals surface area contributed by atoms with Crippen LogP contribution in [0.3, 0.4) is 0 Å². The normalized spacial score (nSPS) is 13.5. The minimum Gasteiger partial charge on any atom is -0.469 e. The van der Waals surface area contributed by atoms with Gasteiger partial charge in [0, 0.05) is 12.5 Å². The van der Waals surface area contributed by atoms with Crippen LogP contribution in [0.2, 0.25) is 0 Å². The predicted molar refractivity (Wildman–Crippen MR) is 65.4 cm³/mol. The minimum absolute atomic E-state index is 0.438. The average molecular weight is 269 g/mol. The van der Waals surface area contributed by atoms with E-state index < -0.39 is 17.8 Å². The van der Waals surface area contributed by atoms with Gasteiger partial charge in [-0.05, 0) is 36.2 Å². The van der Waals surface area contributed by atoms with E-state index in [1.54, 1.807) is 18.4 Å². The number of aryl methyl sites for hydroxylation is 1. The van der Waals surface area contributed by atoms with Gasteiger partial charge in [0.25, 0.3) is 0 Å². The van der Waals surface area contributed by atoms with Crippen molar-refractivity contribution in [1.82, 2.24) is 0 Å². The molecule has 0 saturated heterocycles. The number of rotatable bonds is 4. The molecule has 1 heterocycles. The van der Waals surface area contributed by atoms with Crippen LogP contribution in [0.4, 0.5) is 13.2 Å². The van der Waals surface area contributed by atoms with E-state index in [0.717, 1.165) is 17.9 Å². The van der Waals surface area contributed by atoms with E-state index >= 15 is 0 Å². The van der Waals surface area contributed by atoms with Gasteiger partial charge in [-0.2, -0.15) is 13.2 Å². The van der Waals surface area contributed by atoms with Gasteiger partial charge in [-0.1, -0.05) is 12.1 Å². The summed E-state index contributed by atoms with van der Waals surface area (Å²) in [6.45, 7) is 0. The summed E-state index contributed by atoms with van der Waals surface area (Å²) in [6, 6.07) is 8.29. The molecule has 1 aromatic carbocycles. The molecule has 2 rings (SSSR count). The monoisotopic (exact) mass is 269 g/mol. The van der Waals surface area contributed by atoms with E-state index in [9.17, 15) is 13.2 Å². The molecule has 0 bridgehead atoms. The van der Waals surface area contributed by atoms with Crippen molar-refractivity contribution in [3.05, 3.63) is 59.5 Å². The van der Waals surface area contributed by atoms with Crippen LogP contribution in [0.15, 0.2) is 47.1 Å². The molecule has 102 valence electrons. The van der Waals surface area contributed by atoms with Crippen molar-refractivity contribution in [1.29, 1.82) is 0 Å². The molecule has 2 N–H and O–H groups in total. The largest absolute Gasteiger partial charge is 0.469 e. The van der Waals surface area contributed by atoms with E-state index in [2.05, 4.69) is 0 Å². The number of halogens is 3. The van der Waals surface area contributed by atoms with Gasteiger partial charge < -0.3 is 10.2 Å². The zero-order valence-corrected chi connectivity index (χ0v) is 10.2. The van der Waals surface area contributed by atoms with E-state index in [4.69, 9.17) is 10.2 Å². The molecule has 0 aliphatic heterocycles. The van der Waals surface area contributed by atoms with Crippen LogP contribution in [-0.4, -0.2) is 0 Å². The van der Waals surface area contributed by atoms with Gasteiger partial charge in [0.15, 0.2) is 0 Å². The van der Waals surface area contributed by atoms with E-state index in [0.29, 0.717) is 18.4 Å². The van der Waals surface area contributed by atoms with Crippen LogP contribution in [0, 0.1) is 0 Å². The highest BCUT2D eigenvalue weighted by molar-refractivity contribution is 5.27. The van der Waals surface area contributed by atoms with Crippen LogP contribution in [0.5, 0.6) is 0 Å². The Morgan fingerprint density at radius 2 is 1.95 bits per heavy atom. The molecule has 0 aliphatic carbocycles. The zero-order chi connectivity index (χ0) is 13.9. The Hall–Kier alpha value is -1.75. The summed E-state index contributed by atoms with van der Waals surface area (Å²) < 4.78 is 42.9. The predicted octanol–water partition coefficient (Wildman–Crippen LogP) is 3.93. The highest BCUT2D eigenvalue weighted by Gasteiger charge is 2.30. The molecule has 0 saturated carbocycles. The summed E-state index contributed by atoms with van der Waals surface area (Å²) in [5.41, 5.74) is 5.73. The number of nitrogens with two attached hydrogens (primary N) is 1. The topological polar surface area (TPSA) is 39.2 Å². The fraction of sp³-hybridized carbons (Fsp3) is 0.286. The first-order chi connectivity index (χ1) is 8.97. The summed E-state index contributed by atoms with van der Waals surface area (Å²) >= 11 is 0. The third-order valence-corrected chi connectivity index (χ3v) is 2.92. The Bertz CT molecular complexity index is 520. The highest BCUT2D eigenvalue weighted by atomic mass is 19.4. The van der Waals surface area contributed by atoms with Crippen LogP contribution in [0.25, 0.3) is 0 Å². The van der Waals surface area contributed by atoms with E-state index in [1.807, 2.05) is 6.07 Å². The van der Waals surface area contributed by atoms with Crippen molar-refractivity contribution in [3.8, 4) is 0 Å². The lowest BCUT2D eigenvalue weighted by Crippen LogP contribution is -2.13. The van der Waals surface area contributed by atoms with Gasteiger partial charge in [0.05, 0.1) is 11.8 Å². The van der Waals surface area contributed by atoms with Crippen molar-refractivity contribution < 1.29 is 17.6 Å². The SMILES string of the molecule is NC(CCc1ccco1)c1cccc(C(F)(F)F)c1. The lowest BCUT2D eigenvalue weighted by Gasteiger charge is -2.14. The van der Waals surface area contributed by atoms with Gasteiger partial charge in [0.1, 0.15) is 5.76 Å². The molecule has 1 aromatic heterocycles. The summed E-state index contributed by atoms with van der Waals surface area (Å²) in [5.74, 6) is 0.780. The van der Waals surface area contributed by atoms with Crippen molar-refractivity contribution >= 4 is 0 Å². The third kappa shape index (κ3) is 3.61. The standard InChI is InChI=1S/C14H14F3NO/c15-14(16,17)11-4-1-3-10(9-11)13(18)7-6-12-5-2-8-19-12/h1-5,8-9,13H,6-7,18H2. The van der Waals surface area contributed by atoms with E-state index in [1.165, 1.54) is 6.07 Å². The Kier molecular flexibility index (Phi) is 3.95. The smallest absolute Gasteiger partial charge is 0.416 e. The summed E-state index contributed by atoms with van der Waals surface area (Å²) in [5, 5.41) is 0. The number of hydrogen-bond acceptors (Lipinski definition) is 2. The maximum Gasteiger partial charge on any atom is 0.416 e. The van der Waals surface area contributed by atoms with Gasteiger partial charge in [-0.25, -0.2) is 0 Å². The Labute approximate surface area is 109 Å². The van der Waals surface area contributed by atoms with Gasteiger partial charge in [0.2, 0.25) is 0 Å². The second kappa shape index (κ2) is 5.48. The number of alkyl halides is 3. The first-order valence-electron chi connectivity index (χ1n) is 5.92. The molecule has 0 fully saturated rings. The Balaban J connectivity index is 2.04. The van der Waals surface area contributed by atoms with E-state index in [-0.39, 0.29) is 0 Å². The molecule has 2 aromatic rings. The van der Waals surface area contributed by atoms with Crippen molar-refractivity contribution in [3.63, 3.8) is 0 Å². The maximum absolute atomic E-state index is 12.6. The molecular weight excluding hydrogens is 255 g/mol. The number of furan rings is 1. The lowest BCUT2D eigenvalue weighted by molar-refractivity contribution is -0.137. The van der Waals surface area contributed by atoms with Gasteiger partial charge >= 0.3 is 6.18 Å². The van der Waals surface area contributed by atoms with Crippen LogP contribution in [0.1, 0.15) is 29.3 Å². The summed E-state index contributed by atoms with van der Waals surface area (Å²) in [7, 11) is 0. The van der Waals surface area contributed by atoms with Crippen LogP contribution >= 0.6 is 0 Å². The summed E-state index contributed by atoms with van der Waals surface area (Å²) in [6.07, 6.45) is -1.64. The molecular formula is C14H14F3NO. The number of hydrogen-bond donors (Lipinski definition) is 1. The molecule has 5 heteroatoms. The number of benzene rings is 1. The molecule has 0 amide bonds. The fourth-order valence-electron chi connectivity index (χ4n) is 1.86. The quantitative estimate of drug-likeness (QED) is 0.913. The molecule has 1 unspecified atom stereocenters. The molecule has 0 radical (unpaired) electrons. The average Bonchev–Trinajstić information content (AvgIpc) is 2.88. The Morgan fingerprint density at radius 1 is 1.16 bits per heavy atom. The maximum atomic E-state index is 12.6. The zero-order valence-electron chi connectivity index (χ0n) is 10.2. The summed E-state index contributed by atoms with van der Waals surface area (Å²) in [4.78, 5) is 0. The molecule has 2 nitrogen and oxygen atoms in total. The molecule has 1 atom stereocenters. The third-order valence-electron chi connectivity index (χ3n) is 2.92. The van der Waals surface area contributed by atoms with Crippen molar-refractivity contribution in [2.24, 2.45) is 5.73 Å². The fourth-order valence-corrected chi connectivity index (χ4v) is 1.86.